The molecule has 1 unspecified atom stereocenters. The van der Waals surface area contributed by atoms with E-state index in [2.05, 4.69) is 26.7 Å². The Bertz CT molecular complexity index is 1250. The fourth-order valence-electron chi connectivity index (χ4n) is 3.66. The summed E-state index contributed by atoms with van der Waals surface area (Å²) in [5, 5.41) is 7.94. The molecule has 1 aliphatic rings. The van der Waals surface area contributed by atoms with Crippen molar-refractivity contribution in [3.8, 4) is 0 Å². The molecule has 3 aromatic rings. The Hall–Kier alpha value is -3.45. The lowest BCUT2D eigenvalue weighted by atomic mass is 9.96. The average Bonchev–Trinajstić information content (AvgIpc) is 2.74. The van der Waals surface area contributed by atoms with Crippen LogP contribution in [0.3, 0.4) is 0 Å². The molecule has 7 nitrogen and oxygen atoms in total. The zero-order valence-corrected chi connectivity index (χ0v) is 19.1. The van der Waals surface area contributed by atoms with Crippen molar-refractivity contribution in [2.45, 2.75) is 33.7 Å². The van der Waals surface area contributed by atoms with E-state index in [1.165, 1.54) is 0 Å². The zero-order valence-electron chi connectivity index (χ0n) is 18.4. The number of nitrogens with zero attached hydrogens (tertiary/aromatic N) is 3. The lowest BCUT2D eigenvalue weighted by molar-refractivity contribution is -0.138. The van der Waals surface area contributed by atoms with Crippen molar-refractivity contribution >= 4 is 40.4 Å². The second-order valence-corrected chi connectivity index (χ2v) is 8.03. The number of benzene rings is 2. The Labute approximate surface area is 191 Å². The first kappa shape index (κ1) is 21.8. The summed E-state index contributed by atoms with van der Waals surface area (Å²) in [6.45, 7) is 7.87. The minimum absolute atomic E-state index is 0.279. The van der Waals surface area contributed by atoms with E-state index in [-0.39, 0.29) is 6.61 Å². The van der Waals surface area contributed by atoms with Crippen molar-refractivity contribution in [2.75, 3.05) is 11.9 Å². The number of hydrogen-bond donors (Lipinski definition) is 2. The van der Waals surface area contributed by atoms with Crippen LogP contribution in [0.4, 0.5) is 5.95 Å². The number of halogens is 1. The first-order chi connectivity index (χ1) is 15.4. The Balaban J connectivity index is 1.71. The highest BCUT2D eigenvalue weighted by atomic mass is 35.5. The molecule has 32 heavy (non-hydrogen) atoms. The van der Waals surface area contributed by atoms with Gasteiger partial charge in [-0.3, -0.25) is 5.32 Å². The minimum atomic E-state index is -0.556. The fourth-order valence-corrected chi connectivity index (χ4v) is 3.78. The van der Waals surface area contributed by atoms with Gasteiger partial charge in [0.05, 0.1) is 23.4 Å². The second kappa shape index (κ2) is 8.96. The van der Waals surface area contributed by atoms with Crippen LogP contribution in [0, 0.1) is 13.8 Å². The van der Waals surface area contributed by atoms with E-state index in [0.717, 1.165) is 27.7 Å². The lowest BCUT2D eigenvalue weighted by Gasteiger charge is -2.26. The molecule has 2 N–H and O–H groups in total. The number of aliphatic imine (C=N–C) groups is 1. The number of aromatic nitrogens is 2. The number of rotatable bonds is 4. The van der Waals surface area contributed by atoms with Crippen molar-refractivity contribution in [1.82, 2.24) is 15.3 Å². The highest BCUT2D eigenvalue weighted by molar-refractivity contribution is 6.30. The smallest absolute Gasteiger partial charge is 0.338 e. The molecule has 1 atom stereocenters. The second-order valence-electron chi connectivity index (χ2n) is 7.59. The molecule has 0 amide bonds. The number of esters is 1. The largest absolute Gasteiger partial charge is 0.463 e. The van der Waals surface area contributed by atoms with E-state index in [9.17, 15) is 4.79 Å². The highest BCUT2D eigenvalue weighted by Gasteiger charge is 2.30. The molecule has 0 radical (unpaired) electrons. The molecule has 0 saturated carbocycles. The molecular formula is C24H24ClN5O2. The maximum Gasteiger partial charge on any atom is 0.338 e. The van der Waals surface area contributed by atoms with Gasteiger partial charge in [-0.05, 0) is 57.5 Å². The predicted octanol–water partition coefficient (Wildman–Crippen LogP) is 4.85. The van der Waals surface area contributed by atoms with Crippen molar-refractivity contribution < 1.29 is 9.53 Å². The Morgan fingerprint density at radius 2 is 1.88 bits per heavy atom. The third-order valence-electron chi connectivity index (χ3n) is 5.19. The Kier molecular flexibility index (Phi) is 6.10. The number of hydrogen-bond acceptors (Lipinski definition) is 7. The van der Waals surface area contributed by atoms with Crippen LogP contribution in [0.2, 0.25) is 5.02 Å². The van der Waals surface area contributed by atoms with Gasteiger partial charge in [-0.1, -0.05) is 35.4 Å². The first-order valence-corrected chi connectivity index (χ1v) is 10.7. The standard InChI is InChI=1S/C24H24ClN5O2/c1-5-32-22(31)20-15(4)27-24(29-21(20)16-7-9-17(25)10-8-16)30-23-26-14(3)18-12-13(2)6-11-19(18)28-23/h6-12,21H,5H2,1-4H3,(H2,26,27,28,29,30). The van der Waals surface area contributed by atoms with Crippen LogP contribution >= 0.6 is 11.6 Å². The van der Waals surface area contributed by atoms with E-state index < -0.39 is 12.0 Å². The van der Waals surface area contributed by atoms with Gasteiger partial charge in [0.25, 0.3) is 0 Å². The maximum atomic E-state index is 12.7. The number of nitrogens with one attached hydrogen (secondary N) is 2. The van der Waals surface area contributed by atoms with Gasteiger partial charge in [0.15, 0.2) is 0 Å². The van der Waals surface area contributed by atoms with Gasteiger partial charge >= 0.3 is 5.97 Å². The zero-order chi connectivity index (χ0) is 22.8. The van der Waals surface area contributed by atoms with Crippen molar-refractivity contribution in [3.63, 3.8) is 0 Å². The van der Waals surface area contributed by atoms with Crippen molar-refractivity contribution in [3.05, 3.63) is 75.6 Å². The molecule has 164 valence electrons. The number of anilines is 1. The number of carbonyl (C=O) groups excluding carboxylic acids is 1. The van der Waals surface area contributed by atoms with E-state index in [1.807, 2.05) is 45.0 Å². The molecule has 2 aromatic carbocycles. The van der Waals surface area contributed by atoms with E-state index in [1.54, 1.807) is 19.1 Å². The molecule has 1 aliphatic heterocycles. The minimum Gasteiger partial charge on any atom is -0.463 e. The number of aryl methyl sites for hydroxylation is 2. The normalized spacial score (nSPS) is 15.9. The Morgan fingerprint density at radius 1 is 1.12 bits per heavy atom. The molecule has 2 heterocycles. The lowest BCUT2D eigenvalue weighted by Crippen LogP contribution is -2.37. The van der Waals surface area contributed by atoms with Gasteiger partial charge in [0.1, 0.15) is 6.04 Å². The number of carbonyl (C=O) groups is 1. The van der Waals surface area contributed by atoms with Crippen LogP contribution in [0.1, 0.15) is 36.7 Å². The summed E-state index contributed by atoms with van der Waals surface area (Å²) in [5.74, 6) is 0.460. The molecule has 0 bridgehead atoms. The van der Waals surface area contributed by atoms with Gasteiger partial charge in [0, 0.05) is 16.1 Å². The summed E-state index contributed by atoms with van der Waals surface area (Å²) in [6.07, 6.45) is 0. The van der Waals surface area contributed by atoms with Gasteiger partial charge in [0.2, 0.25) is 11.9 Å². The molecule has 8 heteroatoms. The van der Waals surface area contributed by atoms with Gasteiger partial charge in [-0.2, -0.15) is 0 Å². The van der Waals surface area contributed by atoms with Gasteiger partial charge < -0.3 is 10.1 Å². The summed E-state index contributed by atoms with van der Waals surface area (Å²) in [4.78, 5) is 26.6. The molecule has 0 aliphatic carbocycles. The van der Waals surface area contributed by atoms with Crippen LogP contribution < -0.4 is 10.6 Å². The topological polar surface area (TPSA) is 88.5 Å². The summed E-state index contributed by atoms with van der Waals surface area (Å²) in [5.41, 5.74) is 4.78. The van der Waals surface area contributed by atoms with Crippen LogP contribution in [0.5, 0.6) is 0 Å². The molecule has 0 spiro atoms. The number of allylic oxidation sites excluding steroid dienone is 1. The summed E-state index contributed by atoms with van der Waals surface area (Å²) in [6, 6.07) is 12.8. The monoisotopic (exact) mass is 449 g/mol. The van der Waals surface area contributed by atoms with Crippen LogP contribution in [0.25, 0.3) is 10.9 Å². The van der Waals surface area contributed by atoms with E-state index in [4.69, 9.17) is 21.3 Å². The van der Waals surface area contributed by atoms with Gasteiger partial charge in [-0.25, -0.2) is 19.8 Å². The quantitative estimate of drug-likeness (QED) is 0.553. The molecule has 4 rings (SSSR count). The summed E-state index contributed by atoms with van der Waals surface area (Å²) >= 11 is 6.06. The molecule has 0 fully saturated rings. The maximum absolute atomic E-state index is 12.7. The fraction of sp³-hybridized carbons (Fsp3) is 0.250. The van der Waals surface area contributed by atoms with Crippen molar-refractivity contribution in [1.29, 1.82) is 0 Å². The number of ether oxygens (including phenoxy) is 1. The third kappa shape index (κ3) is 4.43. The third-order valence-corrected chi connectivity index (χ3v) is 5.45. The molecule has 1 aromatic heterocycles. The van der Waals surface area contributed by atoms with Crippen LogP contribution in [-0.2, 0) is 9.53 Å². The van der Waals surface area contributed by atoms with Gasteiger partial charge in [-0.15, -0.1) is 0 Å². The Morgan fingerprint density at radius 3 is 2.59 bits per heavy atom. The van der Waals surface area contributed by atoms with Crippen molar-refractivity contribution in [2.24, 2.45) is 4.99 Å². The van der Waals surface area contributed by atoms with Crippen LogP contribution in [-0.4, -0.2) is 28.5 Å². The van der Waals surface area contributed by atoms with E-state index in [0.29, 0.717) is 28.2 Å². The summed E-state index contributed by atoms with van der Waals surface area (Å²) < 4.78 is 5.28. The predicted molar refractivity (Wildman–Crippen MR) is 127 cm³/mol. The van der Waals surface area contributed by atoms with Crippen LogP contribution in [0.15, 0.2) is 58.7 Å². The molecular weight excluding hydrogens is 426 g/mol. The highest BCUT2D eigenvalue weighted by Crippen LogP contribution is 2.32. The van der Waals surface area contributed by atoms with E-state index >= 15 is 0 Å². The SMILES string of the molecule is CCOC(=O)C1=C(C)NC(Nc2nc(C)c3cc(C)ccc3n2)=NC1c1ccc(Cl)cc1. The number of fused-ring (bicyclic) bond motifs is 1. The first-order valence-electron chi connectivity index (χ1n) is 10.4. The molecule has 0 saturated heterocycles. The number of guanidine groups is 1. The average molecular weight is 450 g/mol. The summed E-state index contributed by atoms with van der Waals surface area (Å²) in [7, 11) is 0.